The zero-order chi connectivity index (χ0) is 27.9. The van der Waals surface area contributed by atoms with E-state index in [0.29, 0.717) is 22.2 Å². The first-order valence-corrected chi connectivity index (χ1v) is 11.8. The van der Waals surface area contributed by atoms with E-state index in [1.54, 1.807) is 36.4 Å². The van der Waals surface area contributed by atoms with Crippen LogP contribution in [0.1, 0.15) is 0 Å². The Morgan fingerprint density at radius 2 is 1.24 bits per heavy atom. The number of para-hydroxylation sites is 1. The summed E-state index contributed by atoms with van der Waals surface area (Å²) in [5.41, 5.74) is -0.453. The number of rotatable bonds is 5. The van der Waals surface area contributed by atoms with Crippen molar-refractivity contribution < 1.29 is 56.5 Å². The number of hydrogen-bond acceptors (Lipinski definition) is 4. The molecule has 200 valence electrons. The molecule has 5 aromatic rings. The highest BCUT2D eigenvalue weighted by atomic mass is 32.2. The molecule has 0 N–H and O–H groups in total. The highest BCUT2D eigenvalue weighted by Gasteiger charge is 2.86. The van der Waals surface area contributed by atoms with E-state index >= 15 is 0 Å². The van der Waals surface area contributed by atoms with Crippen LogP contribution in [0.2, 0.25) is 0 Å². The summed E-state index contributed by atoms with van der Waals surface area (Å²) in [4.78, 5) is 0. The van der Waals surface area contributed by atoms with E-state index in [2.05, 4.69) is 4.18 Å². The largest absolute Gasteiger partial charge is 0.460 e. The fourth-order valence-corrected chi connectivity index (χ4v) is 5.03. The second-order valence-corrected chi connectivity index (χ2v) is 9.85. The van der Waals surface area contributed by atoms with Gasteiger partial charge in [-0.15, -0.1) is 0 Å². The zero-order valence-electron chi connectivity index (χ0n) is 18.3. The van der Waals surface area contributed by atoms with E-state index in [0.717, 1.165) is 16.8 Å². The number of benzene rings is 4. The molecular formula is C24H11F9O4S. The maximum Gasteiger partial charge on any atom is 0.460 e. The average molecular weight is 566 g/mol. The lowest BCUT2D eigenvalue weighted by atomic mass is 9.97. The van der Waals surface area contributed by atoms with E-state index < -0.39 is 44.7 Å². The fourth-order valence-electron chi connectivity index (χ4n) is 4.11. The Morgan fingerprint density at radius 1 is 0.632 bits per heavy atom. The molecule has 0 aliphatic heterocycles. The summed E-state index contributed by atoms with van der Waals surface area (Å²) in [6.07, 6.45) is -7.20. The van der Waals surface area contributed by atoms with Crippen molar-refractivity contribution in [2.45, 2.75) is 23.3 Å². The Balaban J connectivity index is 1.69. The minimum Gasteiger partial charge on any atom is -0.452 e. The molecule has 0 amide bonds. The average Bonchev–Trinajstić information content (AvgIpc) is 3.22. The summed E-state index contributed by atoms with van der Waals surface area (Å²) >= 11 is 0. The number of fused-ring (bicyclic) bond motifs is 7. The Hall–Kier alpha value is -3.68. The van der Waals surface area contributed by atoms with Gasteiger partial charge in [-0.05, 0) is 28.3 Å². The normalized spacial score (nSPS) is 14.1. The molecule has 0 aliphatic rings. The predicted octanol–water partition coefficient (Wildman–Crippen LogP) is 8.03. The lowest BCUT2D eigenvalue weighted by molar-refractivity contribution is -0.382. The zero-order valence-corrected chi connectivity index (χ0v) is 19.1. The molecule has 0 saturated carbocycles. The van der Waals surface area contributed by atoms with Crippen molar-refractivity contribution in [2.24, 2.45) is 0 Å². The minimum atomic E-state index is -7.42. The topological polar surface area (TPSA) is 56.5 Å². The SMILES string of the molecule is O=S(=O)(Oc1cccc2c1oc1ccc3ccc4ccccc4c3c12)C(F)(F)C(F)(F)C(F)(F)C(F)(F)F. The number of alkyl halides is 9. The molecule has 14 heteroatoms. The van der Waals surface area contributed by atoms with E-state index in [1.807, 2.05) is 6.07 Å². The van der Waals surface area contributed by atoms with Crippen LogP contribution in [0.5, 0.6) is 5.75 Å². The molecule has 0 bridgehead atoms. The van der Waals surface area contributed by atoms with Crippen LogP contribution in [0.3, 0.4) is 0 Å². The van der Waals surface area contributed by atoms with Gasteiger partial charge in [0.25, 0.3) is 0 Å². The molecular weight excluding hydrogens is 555 g/mol. The van der Waals surface area contributed by atoms with Gasteiger partial charge >= 0.3 is 33.4 Å². The first-order valence-electron chi connectivity index (χ1n) is 10.4. The van der Waals surface area contributed by atoms with Gasteiger partial charge in [-0.3, -0.25) is 0 Å². The standard InChI is InChI=1S/C24H11F9O4S/c25-21(26,23(29,30)31)22(27,28)24(32,33)38(34,35)37-17-7-3-6-15-19-16(36-20(15)17)11-10-13-9-8-12-4-1-2-5-14(12)18(13)19/h1-11H. The smallest absolute Gasteiger partial charge is 0.452 e. The number of hydrogen-bond donors (Lipinski definition) is 0. The first-order chi connectivity index (χ1) is 17.5. The van der Waals surface area contributed by atoms with Gasteiger partial charge in [0.15, 0.2) is 11.3 Å². The van der Waals surface area contributed by atoms with Crippen molar-refractivity contribution in [1.29, 1.82) is 0 Å². The van der Waals surface area contributed by atoms with Crippen molar-refractivity contribution in [3.63, 3.8) is 0 Å². The second-order valence-electron chi connectivity index (χ2n) is 8.26. The van der Waals surface area contributed by atoms with Gasteiger partial charge < -0.3 is 8.60 Å². The van der Waals surface area contributed by atoms with Crippen molar-refractivity contribution in [1.82, 2.24) is 0 Å². The summed E-state index contributed by atoms with van der Waals surface area (Å²) in [5, 5.41) is -3.76. The molecule has 38 heavy (non-hydrogen) atoms. The van der Waals surface area contributed by atoms with E-state index in [9.17, 15) is 47.9 Å². The quantitative estimate of drug-likeness (QED) is 0.123. The predicted molar refractivity (Wildman–Crippen MR) is 119 cm³/mol. The molecule has 0 aliphatic carbocycles. The highest BCUT2D eigenvalue weighted by molar-refractivity contribution is 7.88. The van der Waals surface area contributed by atoms with Crippen LogP contribution in [0.4, 0.5) is 39.5 Å². The van der Waals surface area contributed by atoms with Crippen LogP contribution in [0.25, 0.3) is 43.5 Å². The van der Waals surface area contributed by atoms with Gasteiger partial charge in [0, 0.05) is 16.2 Å². The summed E-state index contributed by atoms with van der Waals surface area (Å²) < 4.78 is 154. The Bertz CT molecular complexity index is 1840. The minimum absolute atomic E-state index is 0.0744. The Kier molecular flexibility index (Phi) is 5.40. The molecule has 1 aromatic heterocycles. The summed E-state index contributed by atoms with van der Waals surface area (Å²) in [5.74, 6) is -16.0. The maximum absolute atomic E-state index is 14.2. The van der Waals surface area contributed by atoms with Crippen molar-refractivity contribution in [3.05, 3.63) is 66.7 Å². The van der Waals surface area contributed by atoms with Crippen molar-refractivity contribution in [2.75, 3.05) is 0 Å². The summed E-state index contributed by atoms with van der Waals surface area (Å²) in [6.45, 7) is 0. The molecule has 5 rings (SSSR count). The van der Waals surface area contributed by atoms with Gasteiger partial charge in [0.05, 0.1) is 0 Å². The Labute approximate surface area is 206 Å². The molecule has 0 saturated heterocycles. The van der Waals surface area contributed by atoms with E-state index in [1.165, 1.54) is 12.1 Å². The highest BCUT2D eigenvalue weighted by Crippen LogP contribution is 2.55. The van der Waals surface area contributed by atoms with Gasteiger partial charge in [-0.2, -0.15) is 47.9 Å². The van der Waals surface area contributed by atoms with Crippen LogP contribution in [0.15, 0.2) is 71.1 Å². The third kappa shape index (κ3) is 3.42. The molecule has 4 nitrogen and oxygen atoms in total. The van der Waals surface area contributed by atoms with Gasteiger partial charge in [0.2, 0.25) is 0 Å². The first kappa shape index (κ1) is 25.9. The molecule has 0 unspecified atom stereocenters. The third-order valence-corrected chi connectivity index (χ3v) is 7.24. The monoisotopic (exact) mass is 566 g/mol. The molecule has 0 fully saturated rings. The third-order valence-electron chi connectivity index (χ3n) is 5.96. The van der Waals surface area contributed by atoms with Crippen LogP contribution < -0.4 is 4.18 Å². The number of halogens is 9. The number of furan rings is 1. The molecule has 0 radical (unpaired) electrons. The second kappa shape index (κ2) is 7.91. The molecule has 4 aromatic carbocycles. The van der Waals surface area contributed by atoms with E-state index in [4.69, 9.17) is 4.42 Å². The summed E-state index contributed by atoms with van der Waals surface area (Å²) in [6, 6.07) is 16.9. The maximum atomic E-state index is 14.2. The van der Waals surface area contributed by atoms with Gasteiger partial charge in [-0.1, -0.05) is 54.6 Å². The Morgan fingerprint density at radius 3 is 1.92 bits per heavy atom. The van der Waals surface area contributed by atoms with Gasteiger partial charge in [-0.25, -0.2) is 0 Å². The molecule has 1 heterocycles. The van der Waals surface area contributed by atoms with Crippen LogP contribution in [0, 0.1) is 0 Å². The van der Waals surface area contributed by atoms with Crippen molar-refractivity contribution in [3.8, 4) is 5.75 Å². The summed E-state index contributed by atoms with van der Waals surface area (Å²) in [7, 11) is -7.14. The lowest BCUT2D eigenvalue weighted by Crippen LogP contribution is -2.63. The van der Waals surface area contributed by atoms with Crippen LogP contribution in [-0.4, -0.2) is 31.7 Å². The van der Waals surface area contributed by atoms with E-state index in [-0.39, 0.29) is 11.0 Å². The lowest BCUT2D eigenvalue weighted by Gasteiger charge is -2.32. The molecule has 0 spiro atoms. The fraction of sp³-hybridized carbons (Fsp3) is 0.167. The van der Waals surface area contributed by atoms with Crippen molar-refractivity contribution >= 4 is 53.6 Å². The van der Waals surface area contributed by atoms with Gasteiger partial charge in [0.1, 0.15) is 5.58 Å². The van der Waals surface area contributed by atoms with Crippen LogP contribution >= 0.6 is 0 Å². The van der Waals surface area contributed by atoms with Crippen LogP contribution in [-0.2, 0) is 10.1 Å². The molecule has 0 atom stereocenters.